The summed E-state index contributed by atoms with van der Waals surface area (Å²) in [5.41, 5.74) is 2.16. The number of halogens is 1. The first kappa shape index (κ1) is 15.6. The molecule has 5 nitrogen and oxygen atoms in total. The molecule has 2 heterocycles. The Bertz CT molecular complexity index is 997. The van der Waals surface area contributed by atoms with E-state index in [0.29, 0.717) is 22.4 Å². The number of carbonyl (C=O) groups excluding carboxylic acids is 2. The van der Waals surface area contributed by atoms with E-state index in [4.69, 9.17) is 16.3 Å². The van der Waals surface area contributed by atoms with Crippen LogP contribution in [0.4, 0.5) is 0 Å². The molecule has 0 bridgehead atoms. The maximum Gasteiger partial charge on any atom is 0.261 e. The molecule has 0 atom stereocenters. The first-order valence-corrected chi connectivity index (χ1v) is 8.04. The van der Waals surface area contributed by atoms with E-state index in [2.05, 4.69) is 4.98 Å². The number of amides is 2. The summed E-state index contributed by atoms with van der Waals surface area (Å²) in [5.74, 6) is 0.0631. The Labute approximate surface area is 148 Å². The zero-order chi connectivity index (χ0) is 17.6. The number of rotatable bonds is 3. The summed E-state index contributed by atoms with van der Waals surface area (Å²) in [7, 11) is 1.59. The number of pyridine rings is 1. The number of hydrogen-bond donors (Lipinski definition) is 0. The van der Waals surface area contributed by atoms with Crippen LogP contribution < -0.4 is 4.74 Å². The largest absolute Gasteiger partial charge is 0.497 e. The van der Waals surface area contributed by atoms with Gasteiger partial charge in [0.25, 0.3) is 11.8 Å². The highest BCUT2D eigenvalue weighted by Gasteiger charge is 2.35. The van der Waals surface area contributed by atoms with E-state index >= 15 is 0 Å². The first-order valence-electron chi connectivity index (χ1n) is 7.67. The van der Waals surface area contributed by atoms with Gasteiger partial charge in [0, 0.05) is 10.9 Å². The molecule has 0 saturated heterocycles. The topological polar surface area (TPSA) is 59.5 Å². The summed E-state index contributed by atoms with van der Waals surface area (Å²) in [6.45, 7) is 0.0747. The van der Waals surface area contributed by atoms with Crippen molar-refractivity contribution in [3.8, 4) is 5.75 Å². The zero-order valence-corrected chi connectivity index (χ0v) is 14.1. The lowest BCUT2D eigenvalue weighted by atomic mass is 10.1. The number of nitrogens with zero attached hydrogens (tertiary/aromatic N) is 2. The van der Waals surface area contributed by atoms with Crippen LogP contribution in [0.1, 0.15) is 26.3 Å². The summed E-state index contributed by atoms with van der Waals surface area (Å²) in [6.07, 6.45) is 0. The van der Waals surface area contributed by atoms with E-state index in [1.54, 1.807) is 37.4 Å². The van der Waals surface area contributed by atoms with Gasteiger partial charge in [-0.2, -0.15) is 0 Å². The average molecular weight is 353 g/mol. The van der Waals surface area contributed by atoms with Crippen LogP contribution in [0.2, 0.25) is 5.15 Å². The highest BCUT2D eigenvalue weighted by molar-refractivity contribution is 6.30. The van der Waals surface area contributed by atoms with Crippen molar-refractivity contribution in [1.82, 2.24) is 9.88 Å². The summed E-state index contributed by atoms with van der Waals surface area (Å²) >= 11 is 6.27. The second-order valence-electron chi connectivity index (χ2n) is 5.74. The molecule has 3 aromatic rings. The second-order valence-corrected chi connectivity index (χ2v) is 6.10. The molecule has 4 rings (SSSR count). The van der Waals surface area contributed by atoms with Crippen molar-refractivity contribution >= 4 is 34.3 Å². The molecule has 1 aliphatic heterocycles. The molecule has 0 aliphatic carbocycles. The van der Waals surface area contributed by atoms with E-state index in [1.165, 1.54) is 4.90 Å². The fourth-order valence-electron chi connectivity index (χ4n) is 2.97. The number of benzene rings is 2. The number of methoxy groups -OCH3 is 1. The van der Waals surface area contributed by atoms with Gasteiger partial charge in [-0.3, -0.25) is 14.5 Å². The molecule has 6 heteroatoms. The number of carbonyl (C=O) groups is 2. The van der Waals surface area contributed by atoms with Crippen LogP contribution in [0.5, 0.6) is 5.75 Å². The predicted octanol–water partition coefficient (Wildman–Crippen LogP) is 3.69. The molecule has 2 aromatic carbocycles. The fourth-order valence-corrected chi connectivity index (χ4v) is 3.17. The van der Waals surface area contributed by atoms with E-state index in [1.807, 2.05) is 18.2 Å². The molecule has 2 amide bonds. The average Bonchev–Trinajstić information content (AvgIpc) is 2.87. The van der Waals surface area contributed by atoms with Crippen molar-refractivity contribution in [2.24, 2.45) is 0 Å². The predicted molar refractivity (Wildman–Crippen MR) is 94.0 cm³/mol. The Balaban J connectivity index is 1.73. The smallest absolute Gasteiger partial charge is 0.261 e. The summed E-state index contributed by atoms with van der Waals surface area (Å²) in [5, 5.41) is 1.10. The Morgan fingerprint density at radius 2 is 1.72 bits per heavy atom. The van der Waals surface area contributed by atoms with Crippen LogP contribution in [0, 0.1) is 0 Å². The van der Waals surface area contributed by atoms with Crippen molar-refractivity contribution in [2.75, 3.05) is 7.11 Å². The SMILES string of the molecule is COc1ccc2nc(Cl)c(CN3C(=O)c4ccccc4C3=O)cc2c1. The summed E-state index contributed by atoms with van der Waals surface area (Å²) in [6, 6.07) is 14.1. The third kappa shape index (κ3) is 2.53. The molecule has 124 valence electrons. The number of aromatic nitrogens is 1. The molecule has 0 saturated carbocycles. The zero-order valence-electron chi connectivity index (χ0n) is 13.3. The van der Waals surface area contributed by atoms with Gasteiger partial charge in [0.05, 0.1) is 30.3 Å². The van der Waals surface area contributed by atoms with E-state index in [9.17, 15) is 9.59 Å². The number of ether oxygens (including phenoxy) is 1. The van der Waals surface area contributed by atoms with Crippen molar-refractivity contribution in [3.05, 3.63) is 70.4 Å². The molecule has 0 unspecified atom stereocenters. The van der Waals surface area contributed by atoms with Gasteiger partial charge in [-0.1, -0.05) is 23.7 Å². The number of fused-ring (bicyclic) bond motifs is 2. The van der Waals surface area contributed by atoms with Gasteiger partial charge in [0.2, 0.25) is 0 Å². The minimum Gasteiger partial charge on any atom is -0.497 e. The van der Waals surface area contributed by atoms with Crippen LogP contribution in [0.25, 0.3) is 10.9 Å². The molecule has 1 aliphatic rings. The van der Waals surface area contributed by atoms with E-state index in [-0.39, 0.29) is 23.5 Å². The molecular formula is C19H13ClN2O3. The van der Waals surface area contributed by atoms with Gasteiger partial charge >= 0.3 is 0 Å². The van der Waals surface area contributed by atoms with Crippen LogP contribution in [-0.2, 0) is 6.54 Å². The minimum absolute atomic E-state index is 0.0747. The normalized spacial score (nSPS) is 13.4. The Morgan fingerprint density at radius 1 is 1.04 bits per heavy atom. The van der Waals surface area contributed by atoms with Crippen LogP contribution in [0.15, 0.2) is 48.5 Å². The summed E-state index contributed by atoms with van der Waals surface area (Å²) in [4.78, 5) is 30.6. The van der Waals surface area contributed by atoms with Crippen molar-refractivity contribution in [1.29, 1.82) is 0 Å². The Morgan fingerprint density at radius 3 is 2.36 bits per heavy atom. The van der Waals surface area contributed by atoms with Crippen molar-refractivity contribution in [2.45, 2.75) is 6.54 Å². The first-order chi connectivity index (χ1) is 12.1. The van der Waals surface area contributed by atoms with E-state index in [0.717, 1.165) is 10.9 Å². The molecule has 0 fully saturated rings. The highest BCUT2D eigenvalue weighted by atomic mass is 35.5. The molecular weight excluding hydrogens is 340 g/mol. The van der Waals surface area contributed by atoms with Gasteiger partial charge in [0.1, 0.15) is 10.9 Å². The molecule has 0 spiro atoms. The molecule has 0 N–H and O–H groups in total. The number of imide groups is 1. The van der Waals surface area contributed by atoms with E-state index < -0.39 is 0 Å². The fraction of sp³-hybridized carbons (Fsp3) is 0.105. The lowest BCUT2D eigenvalue weighted by Crippen LogP contribution is -2.29. The highest BCUT2D eigenvalue weighted by Crippen LogP contribution is 2.28. The summed E-state index contributed by atoms with van der Waals surface area (Å²) < 4.78 is 5.22. The molecule has 0 radical (unpaired) electrons. The Hall–Kier alpha value is -2.92. The van der Waals surface area contributed by atoms with Crippen molar-refractivity contribution in [3.63, 3.8) is 0 Å². The third-order valence-electron chi connectivity index (χ3n) is 4.25. The number of hydrogen-bond acceptors (Lipinski definition) is 4. The second kappa shape index (κ2) is 5.86. The van der Waals surface area contributed by atoms with Gasteiger partial charge in [-0.25, -0.2) is 4.98 Å². The van der Waals surface area contributed by atoms with Crippen LogP contribution in [-0.4, -0.2) is 28.8 Å². The Kier molecular flexibility index (Phi) is 3.66. The lowest BCUT2D eigenvalue weighted by molar-refractivity contribution is 0.0642. The van der Waals surface area contributed by atoms with Crippen LogP contribution in [0.3, 0.4) is 0 Å². The van der Waals surface area contributed by atoms with Gasteiger partial charge in [-0.15, -0.1) is 0 Å². The lowest BCUT2D eigenvalue weighted by Gasteiger charge is -2.15. The maximum absolute atomic E-state index is 12.5. The standard InChI is InChI=1S/C19H13ClN2O3/c1-25-13-6-7-16-11(9-13)8-12(17(20)21-16)10-22-18(23)14-4-2-3-5-15(14)19(22)24/h2-9H,10H2,1H3. The van der Waals surface area contributed by atoms with Gasteiger partial charge < -0.3 is 4.74 Å². The van der Waals surface area contributed by atoms with Crippen molar-refractivity contribution < 1.29 is 14.3 Å². The third-order valence-corrected chi connectivity index (χ3v) is 4.58. The van der Waals surface area contributed by atoms with Gasteiger partial charge in [-0.05, 0) is 36.4 Å². The quantitative estimate of drug-likeness (QED) is 0.533. The monoisotopic (exact) mass is 352 g/mol. The molecule has 1 aromatic heterocycles. The van der Waals surface area contributed by atoms with Crippen LogP contribution >= 0.6 is 11.6 Å². The minimum atomic E-state index is -0.317. The molecule has 25 heavy (non-hydrogen) atoms. The van der Waals surface area contributed by atoms with Gasteiger partial charge in [0.15, 0.2) is 0 Å². The maximum atomic E-state index is 12.5.